The summed E-state index contributed by atoms with van der Waals surface area (Å²) in [7, 11) is 0. The molecule has 0 atom stereocenters. The number of hydrogen-bond acceptors (Lipinski definition) is 5. The smallest absolute Gasteiger partial charge is 0.281 e. The number of carbonyl (C=O) groups excluding carboxylic acids is 1. The molecular weight excluding hydrogens is 387 g/mol. The number of halogens is 1. The summed E-state index contributed by atoms with van der Waals surface area (Å²) in [6.45, 7) is 3.52. The van der Waals surface area contributed by atoms with Gasteiger partial charge < -0.3 is 9.88 Å². The van der Waals surface area contributed by atoms with Crippen molar-refractivity contribution in [2.75, 3.05) is 13.1 Å². The normalized spacial score (nSPS) is 15.1. The van der Waals surface area contributed by atoms with Crippen LogP contribution in [0.15, 0.2) is 29.1 Å². The molecule has 30 heavy (non-hydrogen) atoms. The number of carbonyl (C=O) groups is 1. The molecule has 0 aliphatic carbocycles. The van der Waals surface area contributed by atoms with Crippen LogP contribution < -0.4 is 5.56 Å². The van der Waals surface area contributed by atoms with Gasteiger partial charge in [-0.05, 0) is 25.3 Å². The Kier molecular flexibility index (Phi) is 5.87. The third-order valence-corrected chi connectivity index (χ3v) is 5.65. The maximum atomic E-state index is 14.0. The number of rotatable bonds is 6. The average Bonchev–Trinajstić information content (AvgIpc) is 3.17. The molecule has 1 aliphatic heterocycles. The van der Waals surface area contributed by atoms with E-state index in [0.717, 1.165) is 25.7 Å². The standard InChI is InChI=1S/C21H25FN6O2/c1-2-3-8-17(29)27-11-9-14(10-12-27)19-23-20-18(21(30)24-19)25-26-28(20)13-15-6-4-5-7-16(15)22/h4-7,14H,2-3,8-13H2,1H3,(H,23,24,30). The number of H-pyrrole nitrogens is 1. The highest BCUT2D eigenvalue weighted by Crippen LogP contribution is 2.26. The van der Waals surface area contributed by atoms with E-state index in [2.05, 4.69) is 27.2 Å². The third kappa shape index (κ3) is 4.10. The monoisotopic (exact) mass is 412 g/mol. The lowest BCUT2D eigenvalue weighted by molar-refractivity contribution is -0.132. The zero-order chi connectivity index (χ0) is 21.1. The Morgan fingerprint density at radius 1 is 1.27 bits per heavy atom. The molecule has 1 amide bonds. The Labute approximate surface area is 173 Å². The predicted octanol–water partition coefficient (Wildman–Crippen LogP) is 2.60. The van der Waals surface area contributed by atoms with E-state index < -0.39 is 0 Å². The largest absolute Gasteiger partial charge is 0.343 e. The number of piperidine rings is 1. The molecule has 1 aromatic carbocycles. The fraction of sp³-hybridized carbons (Fsp3) is 0.476. The second-order valence-corrected chi connectivity index (χ2v) is 7.72. The molecule has 1 N–H and O–H groups in total. The Bertz CT molecular complexity index is 1100. The van der Waals surface area contributed by atoms with Gasteiger partial charge in [0.15, 0.2) is 11.2 Å². The van der Waals surface area contributed by atoms with Gasteiger partial charge in [0.2, 0.25) is 5.91 Å². The summed E-state index contributed by atoms with van der Waals surface area (Å²) in [4.78, 5) is 34.1. The lowest BCUT2D eigenvalue weighted by Gasteiger charge is -2.31. The number of unbranched alkanes of at least 4 members (excludes halogenated alkanes) is 1. The highest BCUT2D eigenvalue weighted by molar-refractivity contribution is 5.76. The molecule has 8 nitrogen and oxygen atoms in total. The fourth-order valence-electron chi connectivity index (χ4n) is 3.86. The summed E-state index contributed by atoms with van der Waals surface area (Å²) < 4.78 is 15.5. The molecule has 1 aliphatic rings. The van der Waals surface area contributed by atoms with E-state index in [0.29, 0.717) is 36.5 Å². The van der Waals surface area contributed by atoms with Crippen molar-refractivity contribution in [3.63, 3.8) is 0 Å². The molecule has 1 saturated heterocycles. The van der Waals surface area contributed by atoms with Gasteiger partial charge in [0.1, 0.15) is 11.6 Å². The molecule has 2 aromatic heterocycles. The first kappa shape index (κ1) is 20.2. The van der Waals surface area contributed by atoms with E-state index in [9.17, 15) is 14.0 Å². The second kappa shape index (κ2) is 8.73. The summed E-state index contributed by atoms with van der Waals surface area (Å²) in [5.74, 6) is 0.477. The van der Waals surface area contributed by atoms with E-state index in [1.54, 1.807) is 18.2 Å². The van der Waals surface area contributed by atoms with Crippen LogP contribution in [0.25, 0.3) is 11.2 Å². The molecule has 0 radical (unpaired) electrons. The van der Waals surface area contributed by atoms with Gasteiger partial charge in [-0.1, -0.05) is 36.8 Å². The van der Waals surface area contributed by atoms with Crippen LogP contribution in [0, 0.1) is 5.82 Å². The zero-order valence-corrected chi connectivity index (χ0v) is 17.0. The summed E-state index contributed by atoms with van der Waals surface area (Å²) >= 11 is 0. The molecule has 1 fully saturated rings. The highest BCUT2D eigenvalue weighted by Gasteiger charge is 2.26. The van der Waals surface area contributed by atoms with Crippen LogP contribution in [0.3, 0.4) is 0 Å². The summed E-state index contributed by atoms with van der Waals surface area (Å²) in [6.07, 6.45) is 3.97. The van der Waals surface area contributed by atoms with Crippen molar-refractivity contribution in [1.29, 1.82) is 0 Å². The van der Waals surface area contributed by atoms with Gasteiger partial charge in [-0.15, -0.1) is 5.10 Å². The first-order valence-electron chi connectivity index (χ1n) is 10.4. The van der Waals surface area contributed by atoms with Crippen LogP contribution in [-0.4, -0.2) is 48.9 Å². The van der Waals surface area contributed by atoms with Gasteiger partial charge in [-0.2, -0.15) is 0 Å². The molecule has 9 heteroatoms. The minimum atomic E-state index is -0.351. The second-order valence-electron chi connectivity index (χ2n) is 7.72. The topological polar surface area (TPSA) is 96.8 Å². The zero-order valence-electron chi connectivity index (χ0n) is 17.0. The fourth-order valence-corrected chi connectivity index (χ4v) is 3.86. The number of fused-ring (bicyclic) bond motifs is 1. The lowest BCUT2D eigenvalue weighted by atomic mass is 9.95. The van der Waals surface area contributed by atoms with E-state index in [1.165, 1.54) is 10.7 Å². The van der Waals surface area contributed by atoms with Crippen molar-refractivity contribution in [2.45, 2.75) is 51.5 Å². The van der Waals surface area contributed by atoms with Crippen LogP contribution in [0.1, 0.15) is 56.3 Å². The van der Waals surface area contributed by atoms with Crippen LogP contribution in [0.4, 0.5) is 4.39 Å². The van der Waals surface area contributed by atoms with Gasteiger partial charge in [0.05, 0.1) is 6.54 Å². The number of benzene rings is 1. The molecule has 3 heterocycles. The van der Waals surface area contributed by atoms with E-state index in [-0.39, 0.29) is 35.3 Å². The molecular formula is C21H25FN6O2. The Morgan fingerprint density at radius 3 is 2.77 bits per heavy atom. The third-order valence-electron chi connectivity index (χ3n) is 5.65. The first-order chi connectivity index (χ1) is 14.6. The van der Waals surface area contributed by atoms with Crippen LogP contribution in [0.5, 0.6) is 0 Å². The number of aromatic amines is 1. The van der Waals surface area contributed by atoms with Crippen molar-refractivity contribution in [1.82, 2.24) is 29.9 Å². The predicted molar refractivity (Wildman–Crippen MR) is 110 cm³/mol. The van der Waals surface area contributed by atoms with Crippen LogP contribution in [0.2, 0.25) is 0 Å². The Balaban J connectivity index is 1.54. The van der Waals surface area contributed by atoms with Crippen molar-refractivity contribution in [2.24, 2.45) is 0 Å². The van der Waals surface area contributed by atoms with Gasteiger partial charge in [0, 0.05) is 31.0 Å². The van der Waals surface area contributed by atoms with Gasteiger partial charge in [-0.3, -0.25) is 9.59 Å². The lowest BCUT2D eigenvalue weighted by Crippen LogP contribution is -2.38. The number of amides is 1. The first-order valence-corrected chi connectivity index (χ1v) is 10.4. The summed E-state index contributed by atoms with van der Waals surface area (Å²) in [5.41, 5.74) is 0.587. The minimum Gasteiger partial charge on any atom is -0.343 e. The van der Waals surface area contributed by atoms with Gasteiger partial charge in [0.25, 0.3) is 5.56 Å². The molecule has 0 unspecified atom stereocenters. The van der Waals surface area contributed by atoms with Crippen molar-refractivity contribution < 1.29 is 9.18 Å². The number of likely N-dealkylation sites (tertiary alicyclic amines) is 1. The van der Waals surface area contributed by atoms with Crippen molar-refractivity contribution in [3.8, 4) is 0 Å². The number of hydrogen-bond donors (Lipinski definition) is 1. The van der Waals surface area contributed by atoms with E-state index in [1.807, 2.05) is 4.90 Å². The molecule has 158 valence electrons. The highest BCUT2D eigenvalue weighted by atomic mass is 19.1. The Morgan fingerprint density at radius 2 is 2.03 bits per heavy atom. The van der Waals surface area contributed by atoms with Gasteiger partial charge >= 0.3 is 0 Å². The molecule has 0 spiro atoms. The van der Waals surface area contributed by atoms with Crippen LogP contribution in [-0.2, 0) is 11.3 Å². The molecule has 0 bridgehead atoms. The average molecular weight is 412 g/mol. The summed E-state index contributed by atoms with van der Waals surface area (Å²) in [6, 6.07) is 6.43. The SMILES string of the molecule is CCCCC(=O)N1CCC(c2nc3c(nnn3Cc3ccccc3F)c(=O)[nH]2)CC1. The number of aromatic nitrogens is 5. The Hall–Kier alpha value is -3.10. The maximum absolute atomic E-state index is 14.0. The van der Waals surface area contributed by atoms with Crippen molar-refractivity contribution in [3.05, 3.63) is 51.8 Å². The van der Waals surface area contributed by atoms with Gasteiger partial charge in [-0.25, -0.2) is 14.1 Å². The quantitative estimate of drug-likeness (QED) is 0.671. The number of nitrogens with zero attached hydrogens (tertiary/aromatic N) is 5. The molecule has 0 saturated carbocycles. The molecule has 3 aromatic rings. The minimum absolute atomic E-state index is 0.0501. The summed E-state index contributed by atoms with van der Waals surface area (Å²) in [5, 5.41) is 7.93. The molecule has 4 rings (SSSR count). The van der Waals surface area contributed by atoms with E-state index in [4.69, 9.17) is 0 Å². The van der Waals surface area contributed by atoms with Crippen LogP contribution >= 0.6 is 0 Å². The van der Waals surface area contributed by atoms with E-state index >= 15 is 0 Å². The van der Waals surface area contributed by atoms with Crippen molar-refractivity contribution >= 4 is 17.1 Å². The number of nitrogens with one attached hydrogen (secondary N) is 1. The maximum Gasteiger partial charge on any atom is 0.281 e.